The number of hydrogen-bond acceptors (Lipinski definition) is 11. The van der Waals surface area contributed by atoms with Crippen molar-refractivity contribution in [2.45, 2.75) is 38.1 Å². The van der Waals surface area contributed by atoms with Crippen LogP contribution in [0.3, 0.4) is 0 Å². The average Bonchev–Trinajstić information content (AvgIpc) is 3.56. The summed E-state index contributed by atoms with van der Waals surface area (Å²) in [6.07, 6.45) is 9.05. The van der Waals surface area contributed by atoms with Crippen molar-refractivity contribution in [1.29, 1.82) is 0 Å². The molecule has 4 aromatic rings. The molecule has 0 radical (unpaired) electrons. The maximum absolute atomic E-state index is 12.8. The van der Waals surface area contributed by atoms with Crippen LogP contribution in [0.1, 0.15) is 32.1 Å². The molecule has 292 valence electrons. The van der Waals surface area contributed by atoms with Gasteiger partial charge < -0.3 is 28.8 Å². The Labute approximate surface area is 336 Å². The van der Waals surface area contributed by atoms with Crippen molar-refractivity contribution in [1.82, 2.24) is 10.2 Å². The minimum atomic E-state index is -1.05. The molecule has 6 rings (SSSR count). The molecule has 3 heterocycles. The zero-order chi connectivity index (χ0) is 39.3. The number of thiophene rings is 1. The lowest BCUT2D eigenvalue weighted by Crippen LogP contribution is -2.55. The van der Waals surface area contributed by atoms with Crippen LogP contribution in [-0.2, 0) is 33.4 Å². The van der Waals surface area contributed by atoms with Gasteiger partial charge in [0.15, 0.2) is 5.75 Å². The summed E-state index contributed by atoms with van der Waals surface area (Å²) in [7, 11) is 0. The van der Waals surface area contributed by atoms with E-state index in [9.17, 15) is 24.3 Å². The number of aromatic hydroxyl groups is 1. The number of nitrogens with zero attached hydrogens (tertiary/aromatic N) is 1. The van der Waals surface area contributed by atoms with E-state index in [-0.39, 0.29) is 18.6 Å². The van der Waals surface area contributed by atoms with Crippen molar-refractivity contribution in [2.75, 3.05) is 39.6 Å². The predicted octanol–water partition coefficient (Wildman–Crippen LogP) is 7.60. The van der Waals surface area contributed by atoms with Crippen molar-refractivity contribution in [3.8, 4) is 33.4 Å². The maximum atomic E-state index is 12.8. The number of amides is 4. The third-order valence-corrected chi connectivity index (χ3v) is 10.4. The first-order valence-corrected chi connectivity index (χ1v) is 19.8. The topological polar surface area (TPSA) is 150 Å². The van der Waals surface area contributed by atoms with Crippen LogP contribution in [0, 0.1) is 0 Å². The Kier molecular flexibility index (Phi) is 14.5. The molecule has 1 unspecified atom stereocenters. The highest BCUT2D eigenvalue weighted by Gasteiger charge is 2.36. The Bertz CT molecular complexity index is 2110. The second-order valence-electron chi connectivity index (χ2n) is 12.8. The van der Waals surface area contributed by atoms with Gasteiger partial charge in [-0.25, -0.2) is 0 Å². The van der Waals surface area contributed by atoms with Crippen LogP contribution in [0.5, 0.6) is 23.0 Å². The van der Waals surface area contributed by atoms with Gasteiger partial charge in [0, 0.05) is 72.4 Å². The second kappa shape index (κ2) is 20.1. The number of rotatable bonds is 18. The number of benzene rings is 3. The average molecular weight is 846 g/mol. The van der Waals surface area contributed by atoms with Crippen molar-refractivity contribution in [2.24, 2.45) is 0 Å². The summed E-state index contributed by atoms with van der Waals surface area (Å²) in [5.41, 5.74) is 1.03. The third kappa shape index (κ3) is 11.2. The first-order valence-electron chi connectivity index (χ1n) is 18.2. The summed E-state index contributed by atoms with van der Waals surface area (Å²) < 4.78 is 31.4. The summed E-state index contributed by atoms with van der Waals surface area (Å²) in [5, 5.41) is 13.1. The molecule has 56 heavy (non-hydrogen) atoms. The zero-order valence-corrected chi connectivity index (χ0v) is 32.9. The standard InChI is InChI=1S/C42H41BrN2O10S/c43-29-9-7-28(8-10-29)41-40(34-17-11-30(46)27-36(34)56-41)55-33-14-12-32(13-15-33)54-26-4-24-52-22-2-21-51-23-3-25-53-31-5-1-6-38(48)45(39(49)20-16-31)35-18-19-37(47)44-42(35)50/h1,5-17,20,27,35,46H,2-4,18-19,21-26H2,(H,44,47,50)/b6-1+,20-16+,31-5-. The number of phenolic OH excluding ortho intramolecular Hbond substituents is 1. The van der Waals surface area contributed by atoms with E-state index in [1.165, 1.54) is 24.3 Å². The molecule has 0 spiro atoms. The number of hydrogen-bond donors (Lipinski definition) is 2. The molecule has 0 aliphatic carbocycles. The number of ether oxygens (including phenoxy) is 5. The van der Waals surface area contributed by atoms with Gasteiger partial charge in [0.1, 0.15) is 29.0 Å². The molecule has 1 atom stereocenters. The van der Waals surface area contributed by atoms with E-state index < -0.39 is 29.7 Å². The minimum Gasteiger partial charge on any atom is -0.508 e. The lowest BCUT2D eigenvalue weighted by molar-refractivity contribution is -0.150. The van der Waals surface area contributed by atoms with Crippen LogP contribution < -0.4 is 14.8 Å². The Morgan fingerprint density at radius 1 is 0.768 bits per heavy atom. The van der Waals surface area contributed by atoms with E-state index in [0.29, 0.717) is 57.6 Å². The van der Waals surface area contributed by atoms with Gasteiger partial charge in [-0.1, -0.05) is 34.1 Å². The number of imide groups is 2. The molecular formula is C42H41BrN2O10S. The maximum Gasteiger partial charge on any atom is 0.254 e. The fourth-order valence-corrected chi connectivity index (χ4v) is 7.31. The van der Waals surface area contributed by atoms with E-state index in [1.54, 1.807) is 29.5 Å². The summed E-state index contributed by atoms with van der Waals surface area (Å²) in [4.78, 5) is 50.9. The van der Waals surface area contributed by atoms with E-state index in [0.717, 1.165) is 54.2 Å². The number of phenols is 1. The Hall–Kier alpha value is -5.28. The normalized spacial score (nSPS) is 18.1. The van der Waals surface area contributed by atoms with Crippen LogP contribution in [0.2, 0.25) is 0 Å². The number of piperidine rings is 1. The minimum absolute atomic E-state index is 0.0491. The highest BCUT2D eigenvalue weighted by molar-refractivity contribution is 9.10. The lowest BCUT2D eigenvalue weighted by Gasteiger charge is -2.29. The SMILES string of the molecule is O=C1CCC(N2C(=O)/C=C/C=C(OCCCOCCCOCCCOc3ccc(Oc4c(-c5ccc(Br)cc5)sc5cc(O)ccc45)cc3)/C=C/C2=O)C(=O)N1. The van der Waals surface area contributed by atoms with Crippen molar-refractivity contribution >= 4 is 61.0 Å². The van der Waals surface area contributed by atoms with Gasteiger partial charge in [0.25, 0.3) is 11.8 Å². The predicted molar refractivity (Wildman–Crippen MR) is 214 cm³/mol. The number of fused-ring (bicyclic) bond motifs is 1. The molecule has 12 nitrogen and oxygen atoms in total. The van der Waals surface area contributed by atoms with Gasteiger partial charge in [-0.05, 0) is 85.2 Å². The summed E-state index contributed by atoms with van der Waals surface area (Å²) >= 11 is 5.07. The smallest absolute Gasteiger partial charge is 0.254 e. The zero-order valence-electron chi connectivity index (χ0n) is 30.4. The molecule has 1 fully saturated rings. The fraction of sp³-hybridized carbons (Fsp3) is 0.286. The number of halogens is 1. The van der Waals surface area contributed by atoms with Crippen LogP contribution in [0.4, 0.5) is 0 Å². The lowest BCUT2D eigenvalue weighted by atomic mass is 10.0. The van der Waals surface area contributed by atoms with Crippen LogP contribution >= 0.6 is 27.3 Å². The van der Waals surface area contributed by atoms with Crippen LogP contribution in [-0.4, -0.2) is 79.3 Å². The summed E-state index contributed by atoms with van der Waals surface area (Å²) in [6, 6.07) is 19.8. The quantitative estimate of drug-likeness (QED) is 0.0758. The van der Waals surface area contributed by atoms with Crippen molar-refractivity contribution in [3.63, 3.8) is 0 Å². The molecule has 0 bridgehead atoms. The highest BCUT2D eigenvalue weighted by Crippen LogP contribution is 2.47. The van der Waals surface area contributed by atoms with Crippen LogP contribution in [0.25, 0.3) is 20.5 Å². The number of carbonyl (C=O) groups is 4. The summed E-state index contributed by atoms with van der Waals surface area (Å²) in [5.74, 6) is 0.335. The van der Waals surface area contributed by atoms with Gasteiger partial charge in [-0.15, -0.1) is 11.3 Å². The fourth-order valence-electron chi connectivity index (χ4n) is 5.88. The molecule has 0 saturated carbocycles. The summed E-state index contributed by atoms with van der Waals surface area (Å²) in [6.45, 7) is 2.98. The van der Waals surface area contributed by atoms with E-state index in [1.807, 2.05) is 54.6 Å². The van der Waals surface area contributed by atoms with E-state index in [2.05, 4.69) is 21.2 Å². The molecule has 1 saturated heterocycles. The van der Waals surface area contributed by atoms with Crippen molar-refractivity contribution < 1.29 is 48.0 Å². The molecule has 2 N–H and O–H groups in total. The molecule has 14 heteroatoms. The molecule has 3 aromatic carbocycles. The largest absolute Gasteiger partial charge is 0.508 e. The molecular weight excluding hydrogens is 804 g/mol. The molecule has 2 aliphatic rings. The van der Waals surface area contributed by atoms with Gasteiger partial charge in [0.2, 0.25) is 11.8 Å². The number of nitrogens with one attached hydrogen (secondary N) is 1. The van der Waals surface area contributed by atoms with Gasteiger partial charge >= 0.3 is 0 Å². The molecule has 2 aliphatic heterocycles. The van der Waals surface area contributed by atoms with Gasteiger partial charge in [-0.2, -0.15) is 0 Å². The van der Waals surface area contributed by atoms with E-state index in [4.69, 9.17) is 23.7 Å². The Morgan fingerprint density at radius 2 is 1.43 bits per heavy atom. The third-order valence-electron chi connectivity index (χ3n) is 8.65. The van der Waals surface area contributed by atoms with Crippen molar-refractivity contribution in [3.05, 3.63) is 107 Å². The first-order chi connectivity index (χ1) is 27.2. The Morgan fingerprint density at radius 3 is 2.14 bits per heavy atom. The number of allylic oxidation sites excluding steroid dienone is 3. The number of carbonyl (C=O) groups excluding carboxylic acids is 4. The first kappa shape index (κ1) is 40.4. The highest BCUT2D eigenvalue weighted by atomic mass is 79.9. The second-order valence-corrected chi connectivity index (χ2v) is 14.7. The molecule has 4 amide bonds. The van der Waals surface area contributed by atoms with E-state index >= 15 is 0 Å². The van der Waals surface area contributed by atoms with Crippen LogP contribution in [0.15, 0.2) is 107 Å². The monoisotopic (exact) mass is 844 g/mol. The van der Waals surface area contributed by atoms with Gasteiger partial charge in [-0.3, -0.25) is 29.4 Å². The molecule has 1 aromatic heterocycles. The Balaban J connectivity index is 0.826. The van der Waals surface area contributed by atoms with Gasteiger partial charge in [0.05, 0.1) is 18.1 Å².